The Morgan fingerprint density at radius 1 is 0.875 bits per heavy atom. The summed E-state index contributed by atoms with van der Waals surface area (Å²) in [4.78, 5) is 2.45. The van der Waals surface area contributed by atoms with Crippen molar-refractivity contribution in [2.45, 2.75) is 18.9 Å². The van der Waals surface area contributed by atoms with E-state index in [1.807, 2.05) is 0 Å². The first-order chi connectivity index (χ1) is 15.8. The molecule has 32 heavy (non-hydrogen) atoms. The van der Waals surface area contributed by atoms with E-state index >= 15 is 0 Å². The maximum absolute atomic E-state index is 5.27. The Labute approximate surface area is 191 Å². The molecule has 3 aromatic rings. The number of hydrogen-bond acceptors (Lipinski definition) is 3. The van der Waals surface area contributed by atoms with Crippen LogP contribution in [0, 0.1) is 5.92 Å². The Morgan fingerprint density at radius 2 is 1.53 bits per heavy atom. The molecule has 0 spiro atoms. The van der Waals surface area contributed by atoms with Gasteiger partial charge in [-0.05, 0) is 48.2 Å². The minimum atomic E-state index is 0.295. The Kier molecular flexibility index (Phi) is 6.17. The van der Waals surface area contributed by atoms with E-state index in [1.54, 1.807) is 0 Å². The third kappa shape index (κ3) is 4.53. The van der Waals surface area contributed by atoms with E-state index in [0.717, 1.165) is 32.5 Å². The summed E-state index contributed by atoms with van der Waals surface area (Å²) in [6, 6.07) is 32.7. The predicted molar refractivity (Wildman–Crippen MR) is 133 cm³/mol. The van der Waals surface area contributed by atoms with Gasteiger partial charge in [-0.3, -0.25) is 5.01 Å². The van der Waals surface area contributed by atoms with E-state index in [2.05, 4.69) is 114 Å². The lowest BCUT2D eigenvalue weighted by atomic mass is 9.83. The van der Waals surface area contributed by atoms with Gasteiger partial charge in [0, 0.05) is 25.6 Å². The number of likely N-dealkylation sites (N-methyl/N-ethyl adjacent to an activating group) is 1. The Balaban J connectivity index is 1.44. The van der Waals surface area contributed by atoms with Crippen LogP contribution in [0.1, 0.15) is 29.2 Å². The van der Waals surface area contributed by atoms with Gasteiger partial charge in [0.05, 0.1) is 11.8 Å². The summed E-state index contributed by atoms with van der Waals surface area (Å²) in [6.07, 6.45) is 4.52. The summed E-state index contributed by atoms with van der Waals surface area (Å²) in [5, 5.41) is 7.64. The van der Waals surface area contributed by atoms with Crippen LogP contribution in [0.3, 0.4) is 0 Å². The first-order valence-corrected chi connectivity index (χ1v) is 11.7. The fourth-order valence-corrected chi connectivity index (χ4v) is 5.10. The van der Waals surface area contributed by atoms with Crippen molar-refractivity contribution in [1.82, 2.24) is 9.91 Å². The molecule has 162 valence electrons. The molecule has 3 heteroatoms. The number of nitrogens with zero attached hydrogens (tertiary/aromatic N) is 3. The normalized spacial score (nSPS) is 22.1. The van der Waals surface area contributed by atoms with Crippen molar-refractivity contribution in [3.8, 4) is 0 Å². The SMILES string of the molecule is CN1C/C(=C\c2ccccc2)C2=NN(CCCc3ccccc3)C(c3ccccc3)C2C1. The predicted octanol–water partition coefficient (Wildman–Crippen LogP) is 5.68. The van der Waals surface area contributed by atoms with Crippen molar-refractivity contribution in [1.29, 1.82) is 0 Å². The molecule has 3 nitrogen and oxygen atoms in total. The van der Waals surface area contributed by atoms with Crippen LogP contribution in [0.15, 0.2) is 102 Å². The lowest BCUT2D eigenvalue weighted by molar-refractivity contribution is 0.177. The minimum absolute atomic E-state index is 0.295. The third-order valence-corrected chi connectivity index (χ3v) is 6.54. The number of piperidine rings is 1. The van der Waals surface area contributed by atoms with E-state index in [4.69, 9.17) is 5.10 Å². The molecule has 0 N–H and O–H groups in total. The lowest BCUT2D eigenvalue weighted by Gasteiger charge is -2.34. The van der Waals surface area contributed by atoms with Crippen molar-refractivity contribution >= 4 is 11.8 Å². The zero-order valence-electron chi connectivity index (χ0n) is 18.8. The van der Waals surface area contributed by atoms with Gasteiger partial charge in [0.15, 0.2) is 0 Å². The number of aryl methyl sites for hydroxylation is 1. The van der Waals surface area contributed by atoms with Crippen LogP contribution in [-0.4, -0.2) is 42.3 Å². The van der Waals surface area contributed by atoms with Crippen LogP contribution in [-0.2, 0) is 6.42 Å². The highest BCUT2D eigenvalue weighted by Gasteiger charge is 2.42. The first kappa shape index (κ1) is 20.7. The molecule has 2 heterocycles. The van der Waals surface area contributed by atoms with Gasteiger partial charge in [-0.1, -0.05) is 91.0 Å². The van der Waals surface area contributed by atoms with Gasteiger partial charge in [-0.25, -0.2) is 0 Å². The molecule has 0 saturated carbocycles. The van der Waals surface area contributed by atoms with Crippen LogP contribution in [0.2, 0.25) is 0 Å². The number of rotatable bonds is 6. The largest absolute Gasteiger partial charge is 0.301 e. The number of hydrogen-bond donors (Lipinski definition) is 0. The molecule has 2 atom stereocenters. The number of benzene rings is 3. The molecule has 5 rings (SSSR count). The third-order valence-electron chi connectivity index (χ3n) is 6.54. The van der Waals surface area contributed by atoms with Gasteiger partial charge in [-0.2, -0.15) is 5.10 Å². The van der Waals surface area contributed by atoms with E-state index < -0.39 is 0 Å². The van der Waals surface area contributed by atoms with Gasteiger partial charge >= 0.3 is 0 Å². The molecule has 2 aliphatic heterocycles. The van der Waals surface area contributed by atoms with Crippen LogP contribution < -0.4 is 0 Å². The second-order valence-corrected chi connectivity index (χ2v) is 8.98. The molecule has 2 unspecified atom stereocenters. The lowest BCUT2D eigenvalue weighted by Crippen LogP contribution is -2.41. The van der Waals surface area contributed by atoms with Gasteiger partial charge in [0.25, 0.3) is 0 Å². The Morgan fingerprint density at radius 3 is 2.25 bits per heavy atom. The second kappa shape index (κ2) is 9.54. The van der Waals surface area contributed by atoms with Crippen LogP contribution >= 0.6 is 0 Å². The molecule has 0 aromatic heterocycles. The van der Waals surface area contributed by atoms with Crippen molar-refractivity contribution < 1.29 is 0 Å². The standard InChI is InChI=1S/C29H31N3/c1-31-21-26(20-24-14-7-3-8-15-24)28-27(22-31)29(25-17-9-4-10-18-25)32(30-28)19-11-16-23-12-5-2-6-13-23/h2-10,12-15,17-18,20,27,29H,11,16,19,21-22H2,1H3/b26-20+. The van der Waals surface area contributed by atoms with E-state index in [1.165, 1.54) is 28.0 Å². The summed E-state index contributed by atoms with van der Waals surface area (Å²) >= 11 is 0. The summed E-state index contributed by atoms with van der Waals surface area (Å²) in [6.45, 7) is 2.96. The van der Waals surface area contributed by atoms with Crippen molar-refractivity contribution in [2.24, 2.45) is 11.0 Å². The molecule has 0 bridgehead atoms. The molecule has 1 fully saturated rings. The number of hydrazone groups is 1. The quantitative estimate of drug-likeness (QED) is 0.510. The minimum Gasteiger partial charge on any atom is -0.301 e. The highest BCUT2D eigenvalue weighted by Crippen LogP contribution is 2.40. The van der Waals surface area contributed by atoms with Crippen LogP contribution in [0.5, 0.6) is 0 Å². The van der Waals surface area contributed by atoms with Gasteiger partial charge < -0.3 is 4.90 Å². The molecular formula is C29H31N3. The van der Waals surface area contributed by atoms with Crippen LogP contribution in [0.4, 0.5) is 0 Å². The molecule has 0 radical (unpaired) electrons. The molecule has 2 aliphatic rings. The highest BCUT2D eigenvalue weighted by molar-refractivity contribution is 6.07. The van der Waals surface area contributed by atoms with E-state index in [-0.39, 0.29) is 0 Å². The summed E-state index contributed by atoms with van der Waals surface area (Å²) in [5.41, 5.74) is 6.64. The molecule has 1 saturated heterocycles. The number of fused-ring (bicyclic) bond motifs is 1. The summed E-state index contributed by atoms with van der Waals surface area (Å²) < 4.78 is 0. The summed E-state index contributed by atoms with van der Waals surface area (Å²) in [5.74, 6) is 0.392. The highest BCUT2D eigenvalue weighted by atomic mass is 15.5. The maximum atomic E-state index is 5.27. The zero-order chi connectivity index (χ0) is 21.8. The average Bonchev–Trinajstić information content (AvgIpc) is 3.19. The molecule has 0 amide bonds. The summed E-state index contributed by atoms with van der Waals surface area (Å²) in [7, 11) is 2.23. The first-order valence-electron chi connectivity index (χ1n) is 11.7. The van der Waals surface area contributed by atoms with Crippen molar-refractivity contribution in [3.05, 3.63) is 113 Å². The fourth-order valence-electron chi connectivity index (χ4n) is 5.10. The van der Waals surface area contributed by atoms with E-state index in [9.17, 15) is 0 Å². The Hall–Kier alpha value is -3.17. The number of likely N-dealkylation sites (tertiary alicyclic amines) is 1. The average molecular weight is 422 g/mol. The fraction of sp³-hybridized carbons (Fsp3) is 0.276. The Bertz CT molecular complexity index is 1070. The smallest absolute Gasteiger partial charge is 0.0816 e. The van der Waals surface area contributed by atoms with Gasteiger partial charge in [0.1, 0.15) is 0 Å². The molecule has 0 aliphatic carbocycles. The molecule has 3 aromatic carbocycles. The van der Waals surface area contributed by atoms with Crippen molar-refractivity contribution in [2.75, 3.05) is 26.7 Å². The van der Waals surface area contributed by atoms with Gasteiger partial charge in [0.2, 0.25) is 0 Å². The molecular weight excluding hydrogens is 390 g/mol. The van der Waals surface area contributed by atoms with Gasteiger partial charge in [-0.15, -0.1) is 0 Å². The maximum Gasteiger partial charge on any atom is 0.0816 e. The monoisotopic (exact) mass is 421 g/mol. The van der Waals surface area contributed by atoms with E-state index in [0.29, 0.717) is 12.0 Å². The second-order valence-electron chi connectivity index (χ2n) is 8.98. The van der Waals surface area contributed by atoms with Crippen molar-refractivity contribution in [3.63, 3.8) is 0 Å². The van der Waals surface area contributed by atoms with Crippen LogP contribution in [0.25, 0.3) is 6.08 Å². The zero-order valence-corrected chi connectivity index (χ0v) is 18.8. The topological polar surface area (TPSA) is 18.8 Å².